The molecule has 29 heavy (non-hydrogen) atoms. The van der Waals surface area contributed by atoms with Gasteiger partial charge in [-0.1, -0.05) is 30.3 Å². The largest absolute Gasteiger partial charge is 0.494 e. The lowest BCUT2D eigenvalue weighted by molar-refractivity contribution is -0.141. The van der Waals surface area contributed by atoms with Crippen molar-refractivity contribution in [2.75, 3.05) is 32.8 Å². The molecule has 6 nitrogen and oxygen atoms in total. The van der Waals surface area contributed by atoms with E-state index in [2.05, 4.69) is 17.0 Å². The Bertz CT molecular complexity index is 799. The molecule has 1 aliphatic rings. The summed E-state index contributed by atoms with van der Waals surface area (Å²) in [6.45, 7) is 7.86. The molecule has 1 aliphatic heterocycles. The number of amides is 1. The average molecular weight is 396 g/mol. The molecule has 0 radical (unpaired) electrons. The van der Waals surface area contributed by atoms with Gasteiger partial charge < -0.3 is 14.4 Å². The molecular formula is C23H28N2O4. The molecule has 0 spiro atoms. The van der Waals surface area contributed by atoms with Crippen molar-refractivity contribution >= 4 is 11.9 Å². The van der Waals surface area contributed by atoms with Gasteiger partial charge in [0.2, 0.25) is 0 Å². The molecule has 154 valence electrons. The number of hydrogen-bond donors (Lipinski definition) is 0. The third-order valence-electron chi connectivity index (χ3n) is 4.97. The van der Waals surface area contributed by atoms with E-state index in [-0.39, 0.29) is 5.91 Å². The maximum atomic E-state index is 12.7. The second-order valence-electron chi connectivity index (χ2n) is 7.09. The van der Waals surface area contributed by atoms with Crippen LogP contribution < -0.4 is 4.74 Å². The van der Waals surface area contributed by atoms with Crippen molar-refractivity contribution < 1.29 is 19.1 Å². The van der Waals surface area contributed by atoms with Crippen molar-refractivity contribution in [1.29, 1.82) is 0 Å². The summed E-state index contributed by atoms with van der Waals surface area (Å²) in [5.41, 5.74) is 1.67. The Morgan fingerprint density at radius 2 is 1.62 bits per heavy atom. The van der Waals surface area contributed by atoms with Gasteiger partial charge in [-0.2, -0.15) is 0 Å². The van der Waals surface area contributed by atoms with Crippen molar-refractivity contribution in [3.8, 4) is 5.75 Å². The standard InChI is InChI=1S/C23H28N2O4/c1-3-28-21-11-9-20(10-12-21)23(27)29-18(2)22(26)25-15-13-24(14-16-25)17-19-7-5-4-6-8-19/h4-12,18H,3,13-17H2,1-2H3/t18-/m0/s1. The third kappa shape index (κ3) is 5.81. The van der Waals surface area contributed by atoms with Crippen molar-refractivity contribution in [2.24, 2.45) is 0 Å². The summed E-state index contributed by atoms with van der Waals surface area (Å²) in [4.78, 5) is 29.1. The minimum absolute atomic E-state index is 0.149. The van der Waals surface area contributed by atoms with Gasteiger partial charge in [-0.05, 0) is 43.7 Å². The fraction of sp³-hybridized carbons (Fsp3) is 0.391. The Labute approximate surface area is 172 Å². The van der Waals surface area contributed by atoms with Crippen molar-refractivity contribution in [3.05, 3.63) is 65.7 Å². The molecule has 0 aromatic heterocycles. The lowest BCUT2D eigenvalue weighted by Gasteiger charge is -2.35. The molecule has 0 N–H and O–H groups in total. The van der Waals surface area contributed by atoms with Crippen LogP contribution in [-0.2, 0) is 16.1 Å². The van der Waals surface area contributed by atoms with Crippen LogP contribution in [0, 0.1) is 0 Å². The van der Waals surface area contributed by atoms with Gasteiger partial charge >= 0.3 is 5.97 Å². The minimum Gasteiger partial charge on any atom is -0.494 e. The van der Waals surface area contributed by atoms with Crippen LogP contribution in [-0.4, -0.2) is 60.6 Å². The number of hydrogen-bond acceptors (Lipinski definition) is 5. The van der Waals surface area contributed by atoms with Crippen LogP contribution in [0.4, 0.5) is 0 Å². The Balaban J connectivity index is 1.47. The van der Waals surface area contributed by atoms with Gasteiger partial charge in [0.1, 0.15) is 5.75 Å². The zero-order chi connectivity index (χ0) is 20.6. The summed E-state index contributed by atoms with van der Waals surface area (Å²) in [6, 6.07) is 17.0. The highest BCUT2D eigenvalue weighted by Gasteiger charge is 2.27. The van der Waals surface area contributed by atoms with Gasteiger partial charge in [-0.3, -0.25) is 9.69 Å². The molecule has 1 fully saturated rings. The molecule has 2 aromatic rings. The first-order valence-corrected chi connectivity index (χ1v) is 10.1. The van der Waals surface area contributed by atoms with Crippen LogP contribution in [0.25, 0.3) is 0 Å². The van der Waals surface area contributed by atoms with E-state index >= 15 is 0 Å². The minimum atomic E-state index is -0.810. The lowest BCUT2D eigenvalue weighted by atomic mass is 10.2. The first kappa shape index (κ1) is 20.9. The summed E-state index contributed by atoms with van der Waals surface area (Å²) in [7, 11) is 0. The molecule has 0 unspecified atom stereocenters. The SMILES string of the molecule is CCOc1ccc(C(=O)O[C@@H](C)C(=O)N2CCN(Cc3ccccc3)CC2)cc1. The average Bonchev–Trinajstić information content (AvgIpc) is 2.75. The summed E-state index contributed by atoms with van der Waals surface area (Å²) < 4.78 is 10.8. The zero-order valence-electron chi connectivity index (χ0n) is 17.0. The monoisotopic (exact) mass is 396 g/mol. The molecule has 3 rings (SSSR count). The van der Waals surface area contributed by atoms with E-state index in [4.69, 9.17) is 9.47 Å². The number of ether oxygens (including phenoxy) is 2. The lowest BCUT2D eigenvalue weighted by Crippen LogP contribution is -2.51. The fourth-order valence-electron chi connectivity index (χ4n) is 3.36. The molecule has 1 saturated heterocycles. The van der Waals surface area contributed by atoms with Crippen LogP contribution in [0.3, 0.4) is 0 Å². The summed E-state index contributed by atoms with van der Waals surface area (Å²) in [5, 5.41) is 0. The van der Waals surface area contributed by atoms with Gasteiger partial charge in [0, 0.05) is 32.7 Å². The van der Waals surface area contributed by atoms with Crippen molar-refractivity contribution in [3.63, 3.8) is 0 Å². The van der Waals surface area contributed by atoms with Gasteiger partial charge in [0.25, 0.3) is 5.91 Å². The van der Waals surface area contributed by atoms with E-state index in [0.29, 0.717) is 31.0 Å². The predicted octanol–water partition coefficient (Wildman–Crippen LogP) is 2.98. The molecular weight excluding hydrogens is 368 g/mol. The maximum absolute atomic E-state index is 12.7. The van der Waals surface area contributed by atoms with E-state index in [1.54, 1.807) is 36.1 Å². The molecule has 0 aliphatic carbocycles. The highest BCUT2D eigenvalue weighted by molar-refractivity contribution is 5.92. The zero-order valence-corrected chi connectivity index (χ0v) is 17.0. The van der Waals surface area contributed by atoms with Gasteiger partial charge in [-0.15, -0.1) is 0 Å². The highest BCUT2D eigenvalue weighted by Crippen LogP contribution is 2.15. The maximum Gasteiger partial charge on any atom is 0.338 e. The fourth-order valence-corrected chi connectivity index (χ4v) is 3.36. The molecule has 2 aromatic carbocycles. The Hall–Kier alpha value is -2.86. The highest BCUT2D eigenvalue weighted by atomic mass is 16.5. The molecule has 1 heterocycles. The Morgan fingerprint density at radius 3 is 2.24 bits per heavy atom. The summed E-state index contributed by atoms with van der Waals surface area (Å²) in [5.74, 6) is 0.0433. The van der Waals surface area contributed by atoms with Crippen LogP contribution in [0.2, 0.25) is 0 Å². The van der Waals surface area contributed by atoms with Gasteiger partial charge in [0.05, 0.1) is 12.2 Å². The smallest absolute Gasteiger partial charge is 0.338 e. The van der Waals surface area contributed by atoms with Crippen molar-refractivity contribution in [2.45, 2.75) is 26.5 Å². The molecule has 1 amide bonds. The van der Waals surface area contributed by atoms with E-state index in [0.717, 1.165) is 19.6 Å². The number of carbonyl (C=O) groups is 2. The number of carbonyl (C=O) groups excluding carboxylic acids is 2. The third-order valence-corrected chi connectivity index (χ3v) is 4.97. The number of piperazine rings is 1. The Kier molecular flexibility index (Phi) is 7.25. The molecule has 0 bridgehead atoms. The van der Waals surface area contributed by atoms with Crippen LogP contribution in [0.15, 0.2) is 54.6 Å². The van der Waals surface area contributed by atoms with Crippen LogP contribution >= 0.6 is 0 Å². The second kappa shape index (κ2) is 10.1. The topological polar surface area (TPSA) is 59.1 Å². The number of benzene rings is 2. The van der Waals surface area contributed by atoms with Crippen molar-refractivity contribution in [1.82, 2.24) is 9.80 Å². The Morgan fingerprint density at radius 1 is 0.966 bits per heavy atom. The van der Waals surface area contributed by atoms with E-state index in [9.17, 15) is 9.59 Å². The summed E-state index contributed by atoms with van der Waals surface area (Å²) >= 11 is 0. The van der Waals surface area contributed by atoms with E-state index in [1.165, 1.54) is 5.56 Å². The second-order valence-corrected chi connectivity index (χ2v) is 7.09. The molecule has 0 saturated carbocycles. The first-order chi connectivity index (χ1) is 14.1. The molecule has 6 heteroatoms. The summed E-state index contributed by atoms with van der Waals surface area (Å²) in [6.07, 6.45) is -0.810. The van der Waals surface area contributed by atoms with E-state index in [1.807, 2.05) is 25.1 Å². The normalized spacial score (nSPS) is 15.6. The predicted molar refractivity (Wildman–Crippen MR) is 111 cm³/mol. The van der Waals surface area contributed by atoms with Crippen LogP contribution in [0.1, 0.15) is 29.8 Å². The number of rotatable bonds is 7. The van der Waals surface area contributed by atoms with Gasteiger partial charge in [-0.25, -0.2) is 4.79 Å². The van der Waals surface area contributed by atoms with E-state index < -0.39 is 12.1 Å². The van der Waals surface area contributed by atoms with Crippen LogP contribution in [0.5, 0.6) is 5.75 Å². The first-order valence-electron chi connectivity index (χ1n) is 10.1. The number of nitrogens with zero attached hydrogens (tertiary/aromatic N) is 2. The quantitative estimate of drug-likeness (QED) is 0.674. The van der Waals surface area contributed by atoms with Gasteiger partial charge in [0.15, 0.2) is 6.10 Å². The number of esters is 1. The molecule has 1 atom stereocenters.